The van der Waals surface area contributed by atoms with Gasteiger partial charge in [0.15, 0.2) is 0 Å². The van der Waals surface area contributed by atoms with Crippen LogP contribution < -0.4 is 21.5 Å². The first-order valence-electron chi connectivity index (χ1n) is 12.6. The Bertz CT molecular complexity index is 1520. The van der Waals surface area contributed by atoms with E-state index in [0.717, 1.165) is 56.9 Å². The Kier molecular flexibility index (Phi) is 5.77. The number of aliphatic hydroxyl groups excluding tert-OH is 1. The summed E-state index contributed by atoms with van der Waals surface area (Å²) in [4.78, 5) is 0. The summed E-state index contributed by atoms with van der Waals surface area (Å²) in [5.41, 5.74) is 14.0. The predicted molar refractivity (Wildman–Crippen MR) is 153 cm³/mol. The Hall–Kier alpha value is -4.36. The van der Waals surface area contributed by atoms with E-state index in [0.29, 0.717) is 5.92 Å². The Morgan fingerprint density at radius 1 is 0.892 bits per heavy atom. The fraction of sp³-hybridized carbons (Fsp3) is 0.200. The molecular weight excluding hydrogens is 460 g/mol. The molecule has 0 amide bonds. The van der Waals surface area contributed by atoms with E-state index in [9.17, 15) is 5.11 Å². The number of para-hydroxylation sites is 1. The predicted octanol–water partition coefficient (Wildman–Crippen LogP) is 7.45. The Labute approximate surface area is 216 Å². The van der Waals surface area contributed by atoms with Crippen molar-refractivity contribution in [3.05, 3.63) is 90.0 Å². The van der Waals surface area contributed by atoms with Crippen LogP contribution in [0.2, 0.25) is 0 Å². The highest BCUT2D eigenvalue weighted by molar-refractivity contribution is 6.09. The van der Waals surface area contributed by atoms with Gasteiger partial charge < -0.3 is 26.6 Å². The highest BCUT2D eigenvalue weighted by atomic mass is 16.3. The van der Waals surface area contributed by atoms with Crippen LogP contribution in [0.1, 0.15) is 25.0 Å². The molecule has 7 nitrogen and oxygen atoms in total. The topological polar surface area (TPSA) is 93.1 Å². The van der Waals surface area contributed by atoms with Gasteiger partial charge >= 0.3 is 0 Å². The molecule has 0 fully saturated rings. The van der Waals surface area contributed by atoms with Crippen molar-refractivity contribution in [2.45, 2.75) is 25.9 Å². The third-order valence-electron chi connectivity index (χ3n) is 6.99. The molecule has 6 rings (SSSR count). The average Bonchev–Trinajstić information content (AvgIpc) is 2.92. The van der Waals surface area contributed by atoms with E-state index in [1.54, 1.807) is 0 Å². The van der Waals surface area contributed by atoms with E-state index in [-0.39, 0.29) is 6.61 Å². The van der Waals surface area contributed by atoms with Crippen LogP contribution >= 0.6 is 0 Å². The molecule has 2 unspecified atom stereocenters. The standard InChI is InChI=1S/C30H30N6O/c1-19-11-12-21-23(17-19)26(34-33-20-7-4-3-5-8-20)14-13-24(21)35-36-25-15-16-28-29-22(25)9-6-10-27(29)31-30(2,18-37)32-28/h3-16,19,31-34,37H,17-18H2,1-2H3/b36-35+. The van der Waals surface area contributed by atoms with Crippen LogP contribution in [-0.4, -0.2) is 17.4 Å². The van der Waals surface area contributed by atoms with Gasteiger partial charge in [-0.05, 0) is 67.3 Å². The van der Waals surface area contributed by atoms with Crippen LogP contribution in [0.15, 0.2) is 89.1 Å². The van der Waals surface area contributed by atoms with Crippen LogP contribution in [-0.2, 0) is 6.42 Å². The third kappa shape index (κ3) is 4.38. The molecule has 4 aromatic carbocycles. The van der Waals surface area contributed by atoms with Gasteiger partial charge in [0.2, 0.25) is 0 Å². The smallest absolute Gasteiger partial charge is 0.129 e. The Morgan fingerprint density at radius 2 is 1.65 bits per heavy atom. The van der Waals surface area contributed by atoms with Gasteiger partial charge in [-0.1, -0.05) is 49.4 Å². The average molecular weight is 491 g/mol. The third-order valence-corrected chi connectivity index (χ3v) is 6.99. The first-order chi connectivity index (χ1) is 18.0. The number of fused-ring (bicyclic) bond motifs is 1. The quantitative estimate of drug-likeness (QED) is 0.143. The van der Waals surface area contributed by atoms with Gasteiger partial charge in [0.1, 0.15) is 5.66 Å². The number of hydrazine groups is 1. The number of aliphatic hydroxyl groups is 1. The maximum Gasteiger partial charge on any atom is 0.129 e. The molecule has 0 spiro atoms. The highest BCUT2D eigenvalue weighted by Gasteiger charge is 2.29. The summed E-state index contributed by atoms with van der Waals surface area (Å²) in [7, 11) is 0. The molecule has 0 aromatic heterocycles. The molecule has 37 heavy (non-hydrogen) atoms. The van der Waals surface area contributed by atoms with Gasteiger partial charge in [0.25, 0.3) is 0 Å². The van der Waals surface area contributed by atoms with Crippen molar-refractivity contribution in [3.63, 3.8) is 0 Å². The van der Waals surface area contributed by atoms with Gasteiger partial charge in [-0.3, -0.25) is 0 Å². The van der Waals surface area contributed by atoms with Crippen molar-refractivity contribution in [3.8, 4) is 0 Å². The molecule has 0 radical (unpaired) electrons. The summed E-state index contributed by atoms with van der Waals surface area (Å²) in [5, 5.41) is 28.1. The number of rotatable bonds is 6. The summed E-state index contributed by atoms with van der Waals surface area (Å²) in [6.07, 6.45) is 5.32. The number of hydrogen-bond donors (Lipinski definition) is 5. The molecule has 186 valence electrons. The molecule has 4 aromatic rings. The van der Waals surface area contributed by atoms with Crippen molar-refractivity contribution < 1.29 is 5.11 Å². The van der Waals surface area contributed by atoms with E-state index in [1.807, 2.05) is 67.6 Å². The molecular formula is C30H30N6O. The normalized spacial score (nSPS) is 19.8. The molecule has 7 heteroatoms. The van der Waals surface area contributed by atoms with Crippen molar-refractivity contribution in [1.82, 2.24) is 0 Å². The molecule has 0 saturated heterocycles. The zero-order valence-electron chi connectivity index (χ0n) is 20.9. The Balaban J connectivity index is 1.34. The number of nitrogens with one attached hydrogen (secondary N) is 4. The van der Waals surface area contributed by atoms with Gasteiger partial charge in [0, 0.05) is 27.7 Å². The lowest BCUT2D eigenvalue weighted by Gasteiger charge is -2.37. The van der Waals surface area contributed by atoms with Gasteiger partial charge in [-0.15, -0.1) is 10.2 Å². The van der Waals surface area contributed by atoms with Crippen molar-refractivity contribution in [1.29, 1.82) is 0 Å². The molecule has 5 N–H and O–H groups in total. The van der Waals surface area contributed by atoms with Crippen LogP contribution in [0.4, 0.5) is 34.1 Å². The number of nitrogens with zero attached hydrogens (tertiary/aromatic N) is 2. The second-order valence-corrected chi connectivity index (χ2v) is 9.98. The minimum atomic E-state index is -0.613. The van der Waals surface area contributed by atoms with Gasteiger partial charge in [-0.25, -0.2) is 0 Å². The molecule has 2 atom stereocenters. The number of azo groups is 1. The van der Waals surface area contributed by atoms with E-state index in [4.69, 9.17) is 10.2 Å². The first-order valence-corrected chi connectivity index (χ1v) is 12.6. The summed E-state index contributed by atoms with van der Waals surface area (Å²) in [6, 6.07) is 24.2. The summed E-state index contributed by atoms with van der Waals surface area (Å²) in [6.45, 7) is 4.13. The lowest BCUT2D eigenvalue weighted by molar-refractivity contribution is 0.238. The summed E-state index contributed by atoms with van der Waals surface area (Å²) < 4.78 is 0. The second-order valence-electron chi connectivity index (χ2n) is 9.98. The summed E-state index contributed by atoms with van der Waals surface area (Å²) >= 11 is 0. The Morgan fingerprint density at radius 3 is 2.46 bits per heavy atom. The molecule has 1 aliphatic heterocycles. The second kappa shape index (κ2) is 9.26. The van der Waals surface area contributed by atoms with Crippen molar-refractivity contribution >= 4 is 51.0 Å². The fourth-order valence-electron chi connectivity index (χ4n) is 5.07. The minimum Gasteiger partial charge on any atom is -0.392 e. The fourth-order valence-corrected chi connectivity index (χ4v) is 5.07. The highest BCUT2D eigenvalue weighted by Crippen LogP contribution is 2.42. The van der Waals surface area contributed by atoms with Crippen molar-refractivity contribution in [2.24, 2.45) is 16.1 Å². The van der Waals surface area contributed by atoms with E-state index >= 15 is 0 Å². The number of allylic oxidation sites excluding steroid dienone is 1. The molecule has 0 saturated carbocycles. The van der Waals surface area contributed by atoms with E-state index < -0.39 is 5.66 Å². The molecule has 1 aliphatic carbocycles. The molecule has 1 heterocycles. The summed E-state index contributed by atoms with van der Waals surface area (Å²) in [5.74, 6) is 0.446. The molecule has 0 bridgehead atoms. The van der Waals surface area contributed by atoms with Gasteiger partial charge in [0.05, 0.1) is 29.4 Å². The number of benzene rings is 4. The first kappa shape index (κ1) is 23.1. The SMILES string of the molecule is CC1C=Cc2c(/N=N/c3ccc4c5c(cccc35)NC(C)(CO)N4)ccc(NNc3ccccc3)c2C1. The van der Waals surface area contributed by atoms with Gasteiger partial charge in [-0.2, -0.15) is 0 Å². The van der Waals surface area contributed by atoms with Crippen LogP contribution in [0.25, 0.3) is 16.8 Å². The lowest BCUT2D eigenvalue weighted by Crippen LogP contribution is -2.48. The monoisotopic (exact) mass is 490 g/mol. The number of hydrogen-bond acceptors (Lipinski definition) is 7. The minimum absolute atomic E-state index is 0.0345. The molecule has 2 aliphatic rings. The van der Waals surface area contributed by atoms with Crippen molar-refractivity contribution in [2.75, 3.05) is 28.1 Å². The largest absolute Gasteiger partial charge is 0.392 e. The number of anilines is 4. The van der Waals surface area contributed by atoms with E-state index in [1.165, 1.54) is 5.56 Å². The zero-order chi connectivity index (χ0) is 25.4. The maximum atomic E-state index is 9.85. The van der Waals surface area contributed by atoms with Crippen LogP contribution in [0.3, 0.4) is 0 Å². The maximum absolute atomic E-state index is 9.85. The lowest BCUT2D eigenvalue weighted by atomic mass is 9.88. The van der Waals surface area contributed by atoms with E-state index in [2.05, 4.69) is 52.7 Å². The zero-order valence-corrected chi connectivity index (χ0v) is 20.9. The van der Waals surface area contributed by atoms with Crippen LogP contribution in [0.5, 0.6) is 0 Å². The van der Waals surface area contributed by atoms with Crippen LogP contribution in [0, 0.1) is 5.92 Å².